The number of amides is 1. The standard InChI is InChI=1S/C25H26N4O3S.C15H13N3O3S.C10H15NO.C10H11NO.C7H5NO.C4H10/c1-14(2)32-21-8-6-5-7-17(21)13-27-23(30)19-12-18(15(3)28-24(19)31-4)16-9-10-20-22(11-16)33-25(26)29-20;1-7-9(6-10(14(19)20)13(17-7)21-2)8-3-4-11-12(5-8)22-15(16)18-11;2*1-8(2)12-10-6-4-3-5-9(10)7-11;8-5-6-3-1-2-4-7(6)9;1-4(2)3/h5-12,14H,13H2,1-4H3,(H2,26,29)(H,27,30);3-6H,1-2H3,(H2,16,18)(H,19,20);3-6,8H,7,11H2,1-2H3;3-6,8H,1-2H3;1-4,9H;4H,1-3H3. The number of anilines is 2. The number of fused-ring (bicyclic) bond motifs is 2. The quantitative estimate of drug-likeness (QED) is 0.0555. The molecule has 0 spiro atoms. The molecule has 0 radical (unpaired) electrons. The Kier molecular flexibility index (Phi) is 28.2. The van der Waals surface area contributed by atoms with Crippen LogP contribution in [0.3, 0.4) is 0 Å². The van der Waals surface area contributed by atoms with Crippen LogP contribution in [0.15, 0.2) is 146 Å². The van der Waals surface area contributed by atoms with Crippen LogP contribution < -0.4 is 46.2 Å². The largest absolute Gasteiger partial charge is 0.507 e. The summed E-state index contributed by atoms with van der Waals surface area (Å²) in [6.45, 7) is 22.9. The zero-order valence-corrected chi connectivity index (χ0v) is 55.7. The molecule has 4 aromatic heterocycles. The number of nitrogen functional groups attached to an aromatic ring is 2. The number of nitriles is 2. The van der Waals surface area contributed by atoms with Gasteiger partial charge in [0.2, 0.25) is 11.8 Å². The number of phenols is 1. The van der Waals surface area contributed by atoms with Crippen LogP contribution in [0.4, 0.5) is 10.3 Å². The van der Waals surface area contributed by atoms with Crippen LogP contribution in [0.25, 0.3) is 42.7 Å². The number of rotatable bonds is 15. The third-order valence-electron chi connectivity index (χ3n) is 12.4. The smallest absolute Gasteiger partial charge is 0.341 e. The minimum Gasteiger partial charge on any atom is -0.507 e. The number of nitrogens with one attached hydrogen (secondary N) is 1. The molecule has 1 amide bonds. The number of carboxylic acids is 1. The lowest BCUT2D eigenvalue weighted by molar-refractivity contribution is 0.0692. The molecule has 0 bridgehead atoms. The van der Waals surface area contributed by atoms with Gasteiger partial charge in [-0.1, -0.05) is 116 Å². The highest BCUT2D eigenvalue weighted by atomic mass is 32.1. The fraction of sp³-hybridized carbons (Fsp3) is 0.268. The van der Waals surface area contributed by atoms with E-state index in [1.54, 1.807) is 36.4 Å². The first-order chi connectivity index (χ1) is 43.9. The van der Waals surface area contributed by atoms with Crippen molar-refractivity contribution in [1.82, 2.24) is 25.3 Å². The molecule has 6 aromatic carbocycles. The number of nitrogens with two attached hydrogens (primary N) is 3. The summed E-state index contributed by atoms with van der Waals surface area (Å²) < 4.78 is 29.2. The second-order valence-corrected chi connectivity index (χ2v) is 23.8. The summed E-state index contributed by atoms with van der Waals surface area (Å²) in [5, 5.41) is 39.2. The summed E-state index contributed by atoms with van der Waals surface area (Å²) >= 11 is 2.82. The number of nitrogens with zero attached hydrogens (tertiary/aromatic N) is 6. The number of para-hydroxylation sites is 4. The topological polar surface area (TPSA) is 310 Å². The lowest BCUT2D eigenvalue weighted by Gasteiger charge is -2.16. The van der Waals surface area contributed by atoms with Gasteiger partial charge in [0.25, 0.3) is 5.91 Å². The molecular formula is C71H80N10O9S2. The van der Waals surface area contributed by atoms with Gasteiger partial charge >= 0.3 is 5.97 Å². The zero-order valence-electron chi connectivity index (χ0n) is 54.1. The lowest BCUT2D eigenvalue weighted by atomic mass is 10.0. The van der Waals surface area contributed by atoms with Crippen molar-refractivity contribution >= 4 is 65.2 Å². The summed E-state index contributed by atoms with van der Waals surface area (Å²) in [5.41, 5.74) is 26.9. The van der Waals surface area contributed by atoms with E-state index in [9.17, 15) is 14.7 Å². The molecule has 480 valence electrons. The van der Waals surface area contributed by atoms with Gasteiger partial charge in [-0.25, -0.2) is 24.7 Å². The van der Waals surface area contributed by atoms with Crippen molar-refractivity contribution < 1.29 is 43.5 Å². The maximum atomic E-state index is 13.1. The van der Waals surface area contributed by atoms with Crippen molar-refractivity contribution in [2.45, 2.75) is 108 Å². The number of hydrogen-bond acceptors (Lipinski definition) is 19. The Morgan fingerprint density at radius 3 is 1.39 bits per heavy atom. The fourth-order valence-corrected chi connectivity index (χ4v) is 9.96. The fourth-order valence-electron chi connectivity index (χ4n) is 8.41. The summed E-state index contributed by atoms with van der Waals surface area (Å²) in [6.07, 6.45) is 0.356. The second-order valence-electron chi connectivity index (χ2n) is 21.7. The first-order valence-corrected chi connectivity index (χ1v) is 31.0. The van der Waals surface area contributed by atoms with E-state index in [0.29, 0.717) is 51.5 Å². The predicted molar refractivity (Wildman–Crippen MR) is 368 cm³/mol. The lowest BCUT2D eigenvalue weighted by Crippen LogP contribution is -2.24. The molecule has 0 atom stereocenters. The number of carbonyl (C=O) groups excluding carboxylic acids is 1. The second kappa shape index (κ2) is 35.8. The van der Waals surface area contributed by atoms with Gasteiger partial charge in [0.1, 0.15) is 46.3 Å². The van der Waals surface area contributed by atoms with Crippen molar-refractivity contribution in [2.24, 2.45) is 11.7 Å². The number of methoxy groups -OCH3 is 2. The number of phenolic OH excluding ortho intramolecular Hbond substituents is 1. The molecule has 4 heterocycles. The van der Waals surface area contributed by atoms with Gasteiger partial charge in [-0.2, -0.15) is 10.5 Å². The Bertz CT molecular complexity index is 4150. The van der Waals surface area contributed by atoms with Crippen molar-refractivity contribution in [1.29, 1.82) is 10.5 Å². The van der Waals surface area contributed by atoms with E-state index < -0.39 is 5.97 Å². The van der Waals surface area contributed by atoms with Crippen LogP contribution in [0.1, 0.15) is 117 Å². The molecule has 19 nitrogen and oxygen atoms in total. The molecule has 0 aliphatic rings. The van der Waals surface area contributed by atoms with Crippen LogP contribution in [-0.2, 0) is 13.1 Å². The van der Waals surface area contributed by atoms with E-state index in [4.69, 9.17) is 56.5 Å². The summed E-state index contributed by atoms with van der Waals surface area (Å²) in [4.78, 5) is 41.8. The average molecular weight is 1280 g/mol. The normalized spacial score (nSPS) is 10.3. The maximum Gasteiger partial charge on any atom is 0.341 e. The number of thiazole rings is 2. The van der Waals surface area contributed by atoms with Gasteiger partial charge < -0.3 is 56.4 Å². The molecular weight excluding hydrogens is 1200 g/mol. The molecule has 0 fully saturated rings. The number of carboxylic acid groups (broad SMARTS) is 1. The van der Waals surface area contributed by atoms with Gasteiger partial charge in [0.15, 0.2) is 10.3 Å². The van der Waals surface area contributed by atoms with Gasteiger partial charge in [-0.05, 0) is 145 Å². The number of pyridine rings is 2. The third-order valence-corrected chi connectivity index (χ3v) is 14.1. The highest BCUT2D eigenvalue weighted by Gasteiger charge is 2.20. The van der Waals surface area contributed by atoms with Gasteiger partial charge in [0.05, 0.1) is 64.1 Å². The van der Waals surface area contributed by atoms with E-state index in [-0.39, 0.29) is 47.3 Å². The Labute approximate surface area is 546 Å². The first kappa shape index (κ1) is 72.4. The van der Waals surface area contributed by atoms with E-state index >= 15 is 0 Å². The van der Waals surface area contributed by atoms with Gasteiger partial charge in [-0.3, -0.25) is 4.79 Å². The van der Waals surface area contributed by atoms with Crippen LogP contribution in [0, 0.1) is 42.4 Å². The number of benzene rings is 6. The van der Waals surface area contributed by atoms with E-state index in [1.165, 1.54) is 43.0 Å². The van der Waals surface area contributed by atoms with Crippen molar-refractivity contribution in [3.8, 4) is 69.2 Å². The van der Waals surface area contributed by atoms with Crippen LogP contribution in [-0.4, -0.2) is 74.6 Å². The highest BCUT2D eigenvalue weighted by Crippen LogP contribution is 2.35. The molecule has 0 aliphatic carbocycles. The van der Waals surface area contributed by atoms with E-state index in [1.807, 2.05) is 165 Å². The Morgan fingerprint density at radius 1 is 0.554 bits per heavy atom. The number of hydrogen-bond donors (Lipinski definition) is 6. The van der Waals surface area contributed by atoms with Crippen molar-refractivity contribution in [2.75, 3.05) is 25.7 Å². The maximum absolute atomic E-state index is 13.1. The Balaban J connectivity index is 0.000000223. The molecule has 9 N–H and O–H groups in total. The van der Waals surface area contributed by atoms with Crippen LogP contribution in [0.2, 0.25) is 0 Å². The van der Waals surface area contributed by atoms with Crippen molar-refractivity contribution in [3.63, 3.8) is 0 Å². The molecule has 10 aromatic rings. The predicted octanol–water partition coefficient (Wildman–Crippen LogP) is 15.1. The minimum atomic E-state index is -1.08. The molecule has 0 unspecified atom stereocenters. The number of carbonyl (C=O) groups is 2. The number of aromatic carboxylic acids is 1. The van der Waals surface area contributed by atoms with Gasteiger partial charge in [0, 0.05) is 46.7 Å². The number of aromatic nitrogens is 4. The van der Waals surface area contributed by atoms with Crippen molar-refractivity contribution in [3.05, 3.63) is 190 Å². The average Bonchev–Trinajstić information content (AvgIpc) is 1.39. The van der Waals surface area contributed by atoms with Crippen LogP contribution >= 0.6 is 22.7 Å². The molecule has 92 heavy (non-hydrogen) atoms. The minimum absolute atomic E-state index is 0.0343. The summed E-state index contributed by atoms with van der Waals surface area (Å²) in [7, 11) is 2.91. The molecule has 21 heteroatoms. The SMILES string of the molecule is CC(C)C.CC(C)Oc1ccccc1C#N.CC(C)Oc1ccccc1CN.COc1nc(C)c(-c2ccc3nc(N)sc3c2)cc1C(=O)NCc1ccccc1OC(C)C.COc1nc(C)c(-c2ccc3nc(N)sc3c2)cc1C(=O)O.N#Cc1ccccc1O. The Morgan fingerprint density at radius 2 is 0.957 bits per heavy atom. The third kappa shape index (κ3) is 21.7. The van der Waals surface area contributed by atoms with E-state index in [0.717, 1.165) is 76.9 Å². The zero-order chi connectivity index (χ0) is 67.6. The highest BCUT2D eigenvalue weighted by molar-refractivity contribution is 7.22. The number of aromatic hydroxyl groups is 1. The Hall–Kier alpha value is -10.3. The summed E-state index contributed by atoms with van der Waals surface area (Å²) in [5.74, 6) is 2.22. The molecule has 0 saturated heterocycles. The molecule has 0 aliphatic heterocycles. The van der Waals surface area contributed by atoms with Crippen LogP contribution in [0.5, 0.6) is 34.8 Å². The monoisotopic (exact) mass is 1280 g/mol. The van der Waals surface area contributed by atoms with Gasteiger partial charge in [-0.15, -0.1) is 0 Å². The number of aryl methyl sites for hydroxylation is 2. The first-order valence-electron chi connectivity index (χ1n) is 29.4. The molecule has 0 saturated carbocycles. The van der Waals surface area contributed by atoms with E-state index in [2.05, 4.69) is 52.1 Å². The molecule has 10 rings (SSSR count). The summed E-state index contributed by atoms with van der Waals surface area (Å²) in [6, 6.07) is 48.1. The number of ether oxygens (including phenoxy) is 5.